The standard InChI is InChI=1S/C16H27BN4O4/c1-16(19)8-21(7-9(16)4-3-5-17(24)25)13-12(14(22)15(13)23)20(2)11-6-10(11)18/h9-11,24-25H,3-8,18-19H2,1-2H3/t9-,10?,11?,16-/m0/s1. The predicted molar refractivity (Wildman–Crippen MR) is 98.7 cm³/mol. The van der Waals surface area contributed by atoms with Crippen LogP contribution in [0.15, 0.2) is 9.59 Å². The molecule has 2 aliphatic rings. The van der Waals surface area contributed by atoms with Gasteiger partial charge in [0.05, 0.1) is 0 Å². The van der Waals surface area contributed by atoms with Crippen LogP contribution < -0.4 is 32.1 Å². The highest BCUT2D eigenvalue weighted by molar-refractivity contribution is 6.40. The van der Waals surface area contributed by atoms with Crippen molar-refractivity contribution in [3.05, 3.63) is 20.4 Å². The topological polar surface area (TPSA) is 133 Å². The minimum absolute atomic E-state index is 0.0539. The number of hydrogen-bond donors (Lipinski definition) is 4. The number of anilines is 2. The van der Waals surface area contributed by atoms with E-state index in [9.17, 15) is 9.59 Å². The number of rotatable bonds is 7. The summed E-state index contributed by atoms with van der Waals surface area (Å²) in [5.41, 5.74) is 11.8. The Morgan fingerprint density at radius 1 is 1.36 bits per heavy atom. The predicted octanol–water partition coefficient (Wildman–Crippen LogP) is -1.77. The quantitative estimate of drug-likeness (QED) is 0.335. The molecule has 2 fully saturated rings. The van der Waals surface area contributed by atoms with E-state index in [0.29, 0.717) is 37.2 Å². The zero-order valence-electron chi connectivity index (χ0n) is 14.8. The van der Waals surface area contributed by atoms with Gasteiger partial charge in [0, 0.05) is 37.8 Å². The van der Waals surface area contributed by atoms with E-state index in [1.54, 1.807) is 0 Å². The SMILES string of the molecule is CN(c1c(N2C[C@H](CCCB(O)O)[C@@](C)(N)C2)c(=O)c1=O)C1CC1N. The van der Waals surface area contributed by atoms with Gasteiger partial charge in [-0.15, -0.1) is 0 Å². The third-order valence-corrected chi connectivity index (χ3v) is 5.75. The Balaban J connectivity index is 1.74. The fraction of sp³-hybridized carbons (Fsp3) is 0.750. The first-order chi connectivity index (χ1) is 11.6. The summed E-state index contributed by atoms with van der Waals surface area (Å²) in [6, 6.07) is 0.175. The molecule has 0 amide bonds. The number of nitrogens with zero attached hydrogens (tertiary/aromatic N) is 2. The second-order valence-electron chi connectivity index (χ2n) is 7.93. The van der Waals surface area contributed by atoms with Gasteiger partial charge in [-0.3, -0.25) is 9.59 Å². The van der Waals surface area contributed by atoms with Gasteiger partial charge in [0.25, 0.3) is 10.9 Å². The van der Waals surface area contributed by atoms with Gasteiger partial charge in [0.2, 0.25) is 0 Å². The zero-order chi connectivity index (χ0) is 18.5. The molecule has 1 aliphatic heterocycles. The lowest BCUT2D eigenvalue weighted by molar-refractivity contribution is 0.343. The van der Waals surface area contributed by atoms with Crippen molar-refractivity contribution in [2.75, 3.05) is 29.9 Å². The number of nitrogens with two attached hydrogens (primary N) is 2. The fourth-order valence-electron chi connectivity index (χ4n) is 4.02. The first-order valence-corrected chi connectivity index (χ1v) is 8.85. The van der Waals surface area contributed by atoms with Gasteiger partial charge < -0.3 is 31.3 Å². The van der Waals surface area contributed by atoms with Crippen LogP contribution in [0.5, 0.6) is 0 Å². The molecule has 9 heteroatoms. The van der Waals surface area contributed by atoms with Gasteiger partial charge in [0.15, 0.2) is 0 Å². The lowest BCUT2D eigenvalue weighted by atomic mass is 9.79. The Bertz CT molecular complexity index is 715. The molecule has 0 aromatic heterocycles. The van der Waals surface area contributed by atoms with Gasteiger partial charge in [0.1, 0.15) is 11.4 Å². The molecule has 3 rings (SSSR count). The second kappa shape index (κ2) is 6.39. The van der Waals surface area contributed by atoms with Gasteiger partial charge in [-0.25, -0.2) is 0 Å². The molecule has 138 valence electrons. The van der Waals surface area contributed by atoms with E-state index in [-0.39, 0.29) is 18.0 Å². The maximum Gasteiger partial charge on any atom is 0.451 e. The van der Waals surface area contributed by atoms with Crippen molar-refractivity contribution in [2.24, 2.45) is 17.4 Å². The molecule has 1 aromatic rings. The Morgan fingerprint density at radius 2 is 2.00 bits per heavy atom. The average Bonchev–Trinajstić information content (AvgIpc) is 3.17. The molecule has 1 saturated heterocycles. The molecule has 2 unspecified atom stereocenters. The van der Waals surface area contributed by atoms with Crippen LogP contribution in [0.25, 0.3) is 0 Å². The molecule has 1 aromatic carbocycles. The number of hydrogen-bond acceptors (Lipinski definition) is 8. The molecule has 0 spiro atoms. The minimum Gasteiger partial charge on any atom is -0.427 e. The molecule has 6 N–H and O–H groups in total. The van der Waals surface area contributed by atoms with Gasteiger partial charge in [-0.1, -0.05) is 6.42 Å². The lowest BCUT2D eigenvalue weighted by Crippen LogP contribution is -2.48. The number of likely N-dealkylation sites (N-methyl/N-ethyl adjacent to an activating group) is 1. The van der Waals surface area contributed by atoms with Crippen molar-refractivity contribution in [2.45, 2.75) is 50.1 Å². The van der Waals surface area contributed by atoms with Crippen molar-refractivity contribution >= 4 is 18.5 Å². The van der Waals surface area contributed by atoms with Crippen molar-refractivity contribution in [1.29, 1.82) is 0 Å². The molecule has 1 saturated carbocycles. The van der Waals surface area contributed by atoms with Crippen LogP contribution in [0.4, 0.5) is 11.4 Å². The van der Waals surface area contributed by atoms with Gasteiger partial charge in [-0.2, -0.15) is 0 Å². The van der Waals surface area contributed by atoms with Crippen LogP contribution in [-0.2, 0) is 0 Å². The fourth-order valence-corrected chi connectivity index (χ4v) is 4.02. The van der Waals surface area contributed by atoms with Crippen molar-refractivity contribution in [3.63, 3.8) is 0 Å². The van der Waals surface area contributed by atoms with E-state index < -0.39 is 23.5 Å². The van der Waals surface area contributed by atoms with Crippen LogP contribution in [0.2, 0.25) is 6.32 Å². The molecule has 4 atom stereocenters. The smallest absolute Gasteiger partial charge is 0.427 e. The van der Waals surface area contributed by atoms with Crippen LogP contribution in [0.3, 0.4) is 0 Å². The maximum absolute atomic E-state index is 12.2. The van der Waals surface area contributed by atoms with Gasteiger partial charge in [-0.05, 0) is 32.0 Å². The molecule has 0 bridgehead atoms. The Labute approximate surface area is 147 Å². The van der Waals surface area contributed by atoms with Crippen LogP contribution in [0.1, 0.15) is 26.2 Å². The maximum atomic E-state index is 12.2. The monoisotopic (exact) mass is 350 g/mol. The van der Waals surface area contributed by atoms with Crippen LogP contribution >= 0.6 is 0 Å². The molecule has 1 aliphatic carbocycles. The zero-order valence-corrected chi connectivity index (χ0v) is 14.8. The first-order valence-electron chi connectivity index (χ1n) is 8.85. The first kappa shape index (κ1) is 18.4. The molecular formula is C16H27BN4O4. The van der Waals surface area contributed by atoms with Crippen molar-refractivity contribution < 1.29 is 10.0 Å². The van der Waals surface area contributed by atoms with E-state index in [2.05, 4.69) is 0 Å². The highest BCUT2D eigenvalue weighted by Crippen LogP contribution is 2.38. The molecular weight excluding hydrogens is 323 g/mol. The average molecular weight is 350 g/mol. The van der Waals surface area contributed by atoms with E-state index in [1.165, 1.54) is 0 Å². The summed E-state index contributed by atoms with van der Waals surface area (Å²) in [4.78, 5) is 28.1. The molecule has 25 heavy (non-hydrogen) atoms. The Hall–Kier alpha value is -1.42. The highest BCUT2D eigenvalue weighted by Gasteiger charge is 2.45. The van der Waals surface area contributed by atoms with E-state index in [1.807, 2.05) is 23.8 Å². The summed E-state index contributed by atoms with van der Waals surface area (Å²) in [6.45, 7) is 3.04. The van der Waals surface area contributed by atoms with Crippen LogP contribution in [-0.4, -0.2) is 54.9 Å². The normalized spacial score (nSPS) is 31.6. The molecule has 1 heterocycles. The summed E-state index contributed by atoms with van der Waals surface area (Å²) in [5, 5.41) is 18.0. The van der Waals surface area contributed by atoms with Crippen molar-refractivity contribution in [1.82, 2.24) is 0 Å². The summed E-state index contributed by atoms with van der Waals surface area (Å²) in [7, 11) is 0.507. The van der Waals surface area contributed by atoms with E-state index in [4.69, 9.17) is 21.5 Å². The summed E-state index contributed by atoms with van der Waals surface area (Å²) in [5.74, 6) is 0.122. The third kappa shape index (κ3) is 3.33. The Morgan fingerprint density at radius 3 is 2.56 bits per heavy atom. The summed E-state index contributed by atoms with van der Waals surface area (Å²) >= 11 is 0. The second-order valence-corrected chi connectivity index (χ2v) is 7.93. The molecule has 0 radical (unpaired) electrons. The lowest BCUT2D eigenvalue weighted by Gasteiger charge is -2.29. The summed E-state index contributed by atoms with van der Waals surface area (Å²) < 4.78 is 0. The third-order valence-electron chi connectivity index (χ3n) is 5.75. The highest BCUT2D eigenvalue weighted by atomic mass is 16.4. The van der Waals surface area contributed by atoms with Crippen LogP contribution in [0, 0.1) is 5.92 Å². The minimum atomic E-state index is -1.31. The molecule has 8 nitrogen and oxygen atoms in total. The largest absolute Gasteiger partial charge is 0.451 e. The van der Waals surface area contributed by atoms with Gasteiger partial charge >= 0.3 is 7.12 Å². The van der Waals surface area contributed by atoms with E-state index in [0.717, 1.165) is 12.8 Å². The summed E-state index contributed by atoms with van der Waals surface area (Å²) in [6.07, 6.45) is 2.53. The Kier molecular flexibility index (Phi) is 4.70. The van der Waals surface area contributed by atoms with E-state index >= 15 is 0 Å². The van der Waals surface area contributed by atoms with Crippen molar-refractivity contribution in [3.8, 4) is 0 Å².